The zero-order chi connectivity index (χ0) is 19.6. The molecule has 0 N–H and O–H groups in total. The van der Waals surface area contributed by atoms with E-state index in [9.17, 15) is 23.3 Å². The first-order valence-corrected chi connectivity index (χ1v) is 10.8. The number of non-ortho nitro benzene ring substituents is 1. The molecule has 148 valence electrons. The van der Waals surface area contributed by atoms with Crippen molar-refractivity contribution < 1.29 is 18.1 Å². The van der Waals surface area contributed by atoms with Crippen LogP contribution in [0.4, 0.5) is 5.69 Å². The van der Waals surface area contributed by atoms with Gasteiger partial charge in [-0.25, -0.2) is 8.42 Å². The second-order valence-electron chi connectivity index (χ2n) is 7.33. The van der Waals surface area contributed by atoms with Crippen LogP contribution in [-0.4, -0.2) is 54.1 Å². The fourth-order valence-corrected chi connectivity index (χ4v) is 5.44. The number of benzene rings is 1. The summed E-state index contributed by atoms with van der Waals surface area (Å²) >= 11 is 0. The minimum atomic E-state index is -3.78. The Balaban J connectivity index is 1.74. The zero-order valence-corrected chi connectivity index (χ0v) is 16.2. The molecule has 2 aliphatic heterocycles. The third-order valence-electron chi connectivity index (χ3n) is 5.50. The quantitative estimate of drug-likeness (QED) is 0.575. The molecule has 0 bridgehead atoms. The molecule has 0 aromatic heterocycles. The van der Waals surface area contributed by atoms with E-state index in [1.54, 1.807) is 0 Å². The minimum absolute atomic E-state index is 0.0209. The lowest BCUT2D eigenvalue weighted by atomic mass is 9.95. The molecule has 3 rings (SSSR count). The zero-order valence-electron chi connectivity index (χ0n) is 15.4. The van der Waals surface area contributed by atoms with E-state index in [4.69, 9.17) is 0 Å². The minimum Gasteiger partial charge on any atom is -0.340 e. The molecule has 2 aliphatic rings. The summed E-state index contributed by atoms with van der Waals surface area (Å²) in [6.07, 6.45) is 4.42. The van der Waals surface area contributed by atoms with Gasteiger partial charge in [0.2, 0.25) is 15.9 Å². The summed E-state index contributed by atoms with van der Waals surface area (Å²) in [7, 11) is -3.78. The predicted octanol–water partition coefficient (Wildman–Crippen LogP) is 2.40. The first kappa shape index (κ1) is 19.8. The fraction of sp³-hybridized carbons (Fsp3) is 0.611. The van der Waals surface area contributed by atoms with Crippen molar-refractivity contribution in [1.29, 1.82) is 0 Å². The Hall–Kier alpha value is -2.00. The lowest BCUT2D eigenvalue weighted by molar-refractivity contribution is -0.384. The average Bonchev–Trinajstić information content (AvgIpc) is 2.68. The summed E-state index contributed by atoms with van der Waals surface area (Å²) in [6.45, 7) is 3.32. The molecule has 0 spiro atoms. The van der Waals surface area contributed by atoms with Crippen LogP contribution in [0.1, 0.15) is 39.0 Å². The first-order chi connectivity index (χ1) is 12.8. The van der Waals surface area contributed by atoms with Crippen molar-refractivity contribution >= 4 is 21.6 Å². The molecule has 0 saturated carbocycles. The molecule has 0 unspecified atom stereocenters. The van der Waals surface area contributed by atoms with E-state index in [1.807, 2.05) is 11.8 Å². The number of piperidine rings is 2. The Bertz CT molecular complexity index is 809. The largest absolute Gasteiger partial charge is 0.340 e. The molecular formula is C18H25N3O5S. The van der Waals surface area contributed by atoms with Crippen molar-refractivity contribution in [2.75, 3.05) is 19.6 Å². The van der Waals surface area contributed by atoms with E-state index < -0.39 is 14.9 Å². The van der Waals surface area contributed by atoms with E-state index in [-0.39, 0.29) is 35.0 Å². The first-order valence-electron chi connectivity index (χ1n) is 9.36. The van der Waals surface area contributed by atoms with Crippen LogP contribution >= 0.6 is 0 Å². The number of hydrogen-bond donors (Lipinski definition) is 0. The average molecular weight is 395 g/mol. The van der Waals surface area contributed by atoms with Crippen molar-refractivity contribution in [2.45, 2.75) is 50.0 Å². The topological polar surface area (TPSA) is 101 Å². The number of carbonyl (C=O) groups excluding carboxylic acids is 1. The molecule has 2 saturated heterocycles. The highest BCUT2D eigenvalue weighted by molar-refractivity contribution is 7.89. The van der Waals surface area contributed by atoms with Crippen LogP contribution in [0.25, 0.3) is 0 Å². The summed E-state index contributed by atoms with van der Waals surface area (Å²) in [6, 6.07) is 5.09. The van der Waals surface area contributed by atoms with Crippen LogP contribution in [0, 0.1) is 16.0 Å². The van der Waals surface area contributed by atoms with Crippen molar-refractivity contribution in [3.8, 4) is 0 Å². The van der Waals surface area contributed by atoms with Gasteiger partial charge in [0.25, 0.3) is 5.69 Å². The van der Waals surface area contributed by atoms with Gasteiger partial charge in [-0.05, 0) is 51.2 Å². The molecule has 1 amide bonds. The van der Waals surface area contributed by atoms with Crippen LogP contribution in [0.2, 0.25) is 0 Å². The molecule has 1 aromatic carbocycles. The van der Waals surface area contributed by atoms with Gasteiger partial charge in [-0.15, -0.1) is 0 Å². The van der Waals surface area contributed by atoms with Gasteiger partial charge < -0.3 is 4.90 Å². The summed E-state index contributed by atoms with van der Waals surface area (Å²) in [4.78, 5) is 25.0. The van der Waals surface area contributed by atoms with Crippen LogP contribution in [0.15, 0.2) is 29.2 Å². The van der Waals surface area contributed by atoms with E-state index in [0.29, 0.717) is 19.4 Å². The Morgan fingerprint density at radius 1 is 1.11 bits per heavy atom. The van der Waals surface area contributed by atoms with Crippen molar-refractivity contribution in [3.63, 3.8) is 0 Å². The van der Waals surface area contributed by atoms with Gasteiger partial charge in [-0.2, -0.15) is 4.31 Å². The molecular weight excluding hydrogens is 370 g/mol. The highest BCUT2D eigenvalue weighted by Gasteiger charge is 2.36. The third-order valence-corrected chi connectivity index (χ3v) is 7.38. The Kier molecular flexibility index (Phi) is 5.81. The molecule has 2 heterocycles. The Morgan fingerprint density at radius 2 is 1.81 bits per heavy atom. The normalized spacial score (nSPS) is 24.6. The van der Waals surface area contributed by atoms with Gasteiger partial charge in [0.1, 0.15) is 0 Å². The number of nitrogens with zero attached hydrogens (tertiary/aromatic N) is 3. The van der Waals surface area contributed by atoms with Gasteiger partial charge in [0, 0.05) is 37.8 Å². The lowest BCUT2D eigenvalue weighted by Gasteiger charge is -2.38. The predicted molar refractivity (Wildman–Crippen MR) is 99.6 cm³/mol. The molecule has 0 aliphatic carbocycles. The van der Waals surface area contributed by atoms with Gasteiger partial charge in [-0.3, -0.25) is 14.9 Å². The smallest absolute Gasteiger partial charge is 0.269 e. The van der Waals surface area contributed by atoms with Crippen LogP contribution in [0.5, 0.6) is 0 Å². The molecule has 9 heteroatoms. The van der Waals surface area contributed by atoms with Gasteiger partial charge in [-0.1, -0.05) is 0 Å². The van der Waals surface area contributed by atoms with E-state index in [2.05, 4.69) is 0 Å². The van der Waals surface area contributed by atoms with E-state index >= 15 is 0 Å². The standard InChI is InChI=1S/C18H25N3O5S/c1-14-5-2-3-12-20(14)18(22)15-6-4-11-19(13-15)27(25,26)17-9-7-16(8-10-17)21(23)24/h7-10,14-15H,2-6,11-13H2,1H3/t14-,15+/m0/s1. The summed E-state index contributed by atoms with van der Waals surface area (Å²) in [5.41, 5.74) is -0.153. The van der Waals surface area contributed by atoms with E-state index in [1.165, 1.54) is 28.6 Å². The molecule has 8 nitrogen and oxygen atoms in total. The summed E-state index contributed by atoms with van der Waals surface area (Å²) in [5.74, 6) is -0.280. The van der Waals surface area contributed by atoms with Crippen LogP contribution in [-0.2, 0) is 14.8 Å². The maximum atomic E-state index is 12.9. The molecule has 2 atom stereocenters. The molecule has 27 heavy (non-hydrogen) atoms. The van der Waals surface area contributed by atoms with Crippen molar-refractivity contribution in [2.24, 2.45) is 5.92 Å². The maximum absolute atomic E-state index is 12.9. The number of nitro benzene ring substituents is 1. The summed E-state index contributed by atoms with van der Waals surface area (Å²) < 4.78 is 27.2. The number of rotatable bonds is 4. The molecule has 1 aromatic rings. The number of likely N-dealkylation sites (tertiary alicyclic amines) is 1. The number of sulfonamides is 1. The van der Waals surface area contributed by atoms with Crippen molar-refractivity contribution in [3.05, 3.63) is 34.4 Å². The number of hydrogen-bond acceptors (Lipinski definition) is 5. The summed E-state index contributed by atoms with van der Waals surface area (Å²) in [5, 5.41) is 10.8. The van der Waals surface area contributed by atoms with Gasteiger partial charge in [0.15, 0.2) is 0 Å². The van der Waals surface area contributed by atoms with Gasteiger partial charge in [0.05, 0.1) is 15.7 Å². The SMILES string of the molecule is C[C@H]1CCCCN1C(=O)[C@@H]1CCCN(S(=O)(=O)c2ccc([N+](=O)[O-])cc2)C1. The lowest BCUT2D eigenvalue weighted by Crippen LogP contribution is -2.50. The van der Waals surface area contributed by atoms with Crippen LogP contribution < -0.4 is 0 Å². The maximum Gasteiger partial charge on any atom is 0.269 e. The van der Waals surface area contributed by atoms with Crippen molar-refractivity contribution in [1.82, 2.24) is 9.21 Å². The Morgan fingerprint density at radius 3 is 2.44 bits per heavy atom. The highest BCUT2D eigenvalue weighted by Crippen LogP contribution is 2.28. The Labute approximate surface area is 159 Å². The van der Waals surface area contributed by atoms with Crippen LogP contribution in [0.3, 0.4) is 0 Å². The molecule has 2 fully saturated rings. The monoisotopic (exact) mass is 395 g/mol. The molecule has 0 radical (unpaired) electrons. The third kappa shape index (κ3) is 4.14. The second kappa shape index (κ2) is 7.93. The fourth-order valence-electron chi connectivity index (χ4n) is 3.91. The highest BCUT2D eigenvalue weighted by atomic mass is 32.2. The van der Waals surface area contributed by atoms with Gasteiger partial charge >= 0.3 is 0 Å². The second-order valence-corrected chi connectivity index (χ2v) is 9.27. The number of nitro groups is 1. The number of carbonyl (C=O) groups is 1. The number of amides is 1. The van der Waals surface area contributed by atoms with E-state index in [0.717, 1.165) is 25.8 Å².